The van der Waals surface area contributed by atoms with E-state index in [1.807, 2.05) is 20.8 Å². The van der Waals surface area contributed by atoms with Gasteiger partial charge < -0.3 is 15.0 Å². The first kappa shape index (κ1) is 12.1. The Bertz CT molecular complexity index is 309. The van der Waals surface area contributed by atoms with E-state index >= 15 is 0 Å². The first-order chi connectivity index (χ1) is 6.98. The van der Waals surface area contributed by atoms with Crippen LogP contribution in [0, 0.1) is 0 Å². The average molecular weight is 213 g/mol. The normalized spacial score (nSPS) is 14.2. The minimum atomic E-state index is -0.292. The molecule has 0 bridgehead atoms. The van der Waals surface area contributed by atoms with Crippen LogP contribution in [0.4, 0.5) is 0 Å². The molecule has 0 saturated heterocycles. The molecule has 1 atom stereocenters. The molecular formula is C10H19N3O2. The van der Waals surface area contributed by atoms with Gasteiger partial charge in [-0.25, -0.2) is 0 Å². The van der Waals surface area contributed by atoms with Crippen LogP contribution < -0.4 is 5.73 Å². The highest BCUT2D eigenvalue weighted by atomic mass is 16.5. The van der Waals surface area contributed by atoms with E-state index in [1.165, 1.54) is 0 Å². The number of hydrogen-bond donors (Lipinski definition) is 1. The highest BCUT2D eigenvalue weighted by molar-refractivity contribution is 4.95. The molecule has 0 aliphatic carbocycles. The van der Waals surface area contributed by atoms with Gasteiger partial charge in [-0.3, -0.25) is 0 Å². The van der Waals surface area contributed by atoms with Crippen LogP contribution in [0.2, 0.25) is 0 Å². The van der Waals surface area contributed by atoms with Crippen LogP contribution in [0.5, 0.6) is 0 Å². The SMILES string of the molecule is CCC(N)c1noc(CC(C)(C)OC)n1. The van der Waals surface area contributed by atoms with E-state index in [-0.39, 0.29) is 11.6 Å². The zero-order valence-electron chi connectivity index (χ0n) is 9.78. The van der Waals surface area contributed by atoms with Gasteiger partial charge in [-0.2, -0.15) is 4.98 Å². The van der Waals surface area contributed by atoms with E-state index in [2.05, 4.69) is 10.1 Å². The molecule has 0 aromatic carbocycles. The minimum absolute atomic E-state index is 0.145. The molecule has 0 aliphatic rings. The van der Waals surface area contributed by atoms with Gasteiger partial charge in [0.25, 0.3) is 0 Å². The molecule has 86 valence electrons. The number of ether oxygens (including phenoxy) is 1. The number of rotatable bonds is 5. The van der Waals surface area contributed by atoms with E-state index in [1.54, 1.807) is 7.11 Å². The van der Waals surface area contributed by atoms with Crippen molar-refractivity contribution < 1.29 is 9.26 Å². The van der Waals surface area contributed by atoms with Crippen LogP contribution in [-0.2, 0) is 11.2 Å². The highest BCUT2D eigenvalue weighted by Crippen LogP contribution is 2.16. The summed E-state index contributed by atoms with van der Waals surface area (Å²) < 4.78 is 10.4. The number of hydrogen-bond acceptors (Lipinski definition) is 5. The summed E-state index contributed by atoms with van der Waals surface area (Å²) >= 11 is 0. The van der Waals surface area contributed by atoms with Crippen molar-refractivity contribution in [3.05, 3.63) is 11.7 Å². The van der Waals surface area contributed by atoms with Gasteiger partial charge in [0.15, 0.2) is 5.82 Å². The van der Waals surface area contributed by atoms with E-state index in [4.69, 9.17) is 15.0 Å². The van der Waals surface area contributed by atoms with Gasteiger partial charge in [0.1, 0.15) is 0 Å². The fraction of sp³-hybridized carbons (Fsp3) is 0.800. The number of methoxy groups -OCH3 is 1. The van der Waals surface area contributed by atoms with Crippen molar-refractivity contribution in [2.75, 3.05) is 7.11 Å². The van der Waals surface area contributed by atoms with Crippen LogP contribution in [0.1, 0.15) is 44.9 Å². The highest BCUT2D eigenvalue weighted by Gasteiger charge is 2.22. The van der Waals surface area contributed by atoms with Crippen molar-refractivity contribution in [1.29, 1.82) is 0 Å². The summed E-state index contributed by atoms with van der Waals surface area (Å²) in [4.78, 5) is 4.23. The molecular weight excluding hydrogens is 194 g/mol. The van der Waals surface area contributed by atoms with Crippen molar-refractivity contribution in [1.82, 2.24) is 10.1 Å². The molecule has 0 spiro atoms. The Morgan fingerprint density at radius 1 is 1.53 bits per heavy atom. The fourth-order valence-electron chi connectivity index (χ4n) is 1.11. The Hall–Kier alpha value is -0.940. The van der Waals surface area contributed by atoms with Crippen LogP contribution >= 0.6 is 0 Å². The van der Waals surface area contributed by atoms with Gasteiger partial charge in [-0.15, -0.1) is 0 Å². The second-order valence-corrected chi connectivity index (χ2v) is 4.20. The van der Waals surface area contributed by atoms with E-state index in [0.29, 0.717) is 18.1 Å². The predicted molar refractivity (Wildman–Crippen MR) is 56.3 cm³/mol. The number of nitrogens with two attached hydrogens (primary N) is 1. The van der Waals surface area contributed by atoms with Crippen molar-refractivity contribution >= 4 is 0 Å². The lowest BCUT2D eigenvalue weighted by Crippen LogP contribution is -2.25. The lowest BCUT2D eigenvalue weighted by atomic mass is 10.1. The summed E-state index contributed by atoms with van der Waals surface area (Å²) in [6, 6.07) is -0.145. The Morgan fingerprint density at radius 2 is 2.20 bits per heavy atom. The molecule has 5 nitrogen and oxygen atoms in total. The summed E-state index contributed by atoms with van der Waals surface area (Å²) in [6.07, 6.45) is 1.39. The Balaban J connectivity index is 2.68. The summed E-state index contributed by atoms with van der Waals surface area (Å²) in [5.74, 6) is 1.14. The standard InChI is InChI=1S/C10H19N3O2/c1-5-7(11)9-12-8(15-13-9)6-10(2,3)14-4/h7H,5-6,11H2,1-4H3. The smallest absolute Gasteiger partial charge is 0.229 e. The minimum Gasteiger partial charge on any atom is -0.378 e. The van der Waals surface area contributed by atoms with Crippen molar-refractivity contribution in [3.63, 3.8) is 0 Å². The summed E-state index contributed by atoms with van der Waals surface area (Å²) in [6.45, 7) is 5.92. The van der Waals surface area contributed by atoms with Gasteiger partial charge >= 0.3 is 0 Å². The zero-order valence-corrected chi connectivity index (χ0v) is 9.78. The molecule has 1 aromatic heterocycles. The molecule has 0 fully saturated rings. The van der Waals surface area contributed by atoms with Gasteiger partial charge in [-0.05, 0) is 20.3 Å². The summed E-state index contributed by atoms with van der Waals surface area (Å²) in [7, 11) is 1.66. The quantitative estimate of drug-likeness (QED) is 0.801. The molecule has 15 heavy (non-hydrogen) atoms. The zero-order chi connectivity index (χ0) is 11.5. The average Bonchev–Trinajstić information content (AvgIpc) is 2.64. The maximum absolute atomic E-state index is 5.79. The van der Waals surface area contributed by atoms with Crippen LogP contribution in [0.25, 0.3) is 0 Å². The second-order valence-electron chi connectivity index (χ2n) is 4.20. The Labute approximate surface area is 90.0 Å². The molecule has 2 N–H and O–H groups in total. The predicted octanol–water partition coefficient (Wildman–Crippen LogP) is 1.45. The van der Waals surface area contributed by atoms with E-state index < -0.39 is 0 Å². The molecule has 0 radical (unpaired) electrons. The molecule has 1 unspecified atom stereocenters. The van der Waals surface area contributed by atoms with Crippen LogP contribution in [-0.4, -0.2) is 22.9 Å². The third-order valence-corrected chi connectivity index (χ3v) is 2.38. The summed E-state index contributed by atoms with van der Waals surface area (Å²) in [5.41, 5.74) is 5.50. The number of nitrogens with zero attached hydrogens (tertiary/aromatic N) is 2. The van der Waals surface area contributed by atoms with E-state index in [9.17, 15) is 0 Å². The molecule has 0 saturated carbocycles. The maximum atomic E-state index is 5.79. The lowest BCUT2D eigenvalue weighted by molar-refractivity contribution is 0.0170. The number of aromatic nitrogens is 2. The monoisotopic (exact) mass is 213 g/mol. The van der Waals surface area contributed by atoms with Crippen LogP contribution in [0.3, 0.4) is 0 Å². The maximum Gasteiger partial charge on any atom is 0.229 e. The Morgan fingerprint density at radius 3 is 2.73 bits per heavy atom. The van der Waals surface area contributed by atoms with Crippen molar-refractivity contribution in [3.8, 4) is 0 Å². The van der Waals surface area contributed by atoms with Crippen molar-refractivity contribution in [2.24, 2.45) is 5.73 Å². The Kier molecular flexibility index (Phi) is 3.82. The molecule has 0 aliphatic heterocycles. The lowest BCUT2D eigenvalue weighted by Gasteiger charge is -2.19. The molecule has 1 heterocycles. The topological polar surface area (TPSA) is 74.2 Å². The first-order valence-electron chi connectivity index (χ1n) is 5.11. The molecule has 0 amide bonds. The van der Waals surface area contributed by atoms with Gasteiger partial charge in [0.05, 0.1) is 18.1 Å². The molecule has 1 rings (SSSR count). The first-order valence-corrected chi connectivity index (χ1v) is 5.11. The summed E-state index contributed by atoms with van der Waals surface area (Å²) in [5, 5.41) is 3.84. The second kappa shape index (κ2) is 4.72. The largest absolute Gasteiger partial charge is 0.378 e. The molecule has 5 heteroatoms. The van der Waals surface area contributed by atoms with Crippen molar-refractivity contribution in [2.45, 2.75) is 45.3 Å². The van der Waals surface area contributed by atoms with Gasteiger partial charge in [0.2, 0.25) is 5.89 Å². The van der Waals surface area contributed by atoms with E-state index in [0.717, 1.165) is 6.42 Å². The van der Waals surface area contributed by atoms with Gasteiger partial charge in [0, 0.05) is 7.11 Å². The third kappa shape index (κ3) is 3.28. The van der Waals surface area contributed by atoms with Crippen LogP contribution in [0.15, 0.2) is 4.52 Å². The van der Waals surface area contributed by atoms with Gasteiger partial charge in [-0.1, -0.05) is 12.1 Å². The third-order valence-electron chi connectivity index (χ3n) is 2.38. The molecule has 1 aromatic rings. The fourth-order valence-corrected chi connectivity index (χ4v) is 1.11.